The Kier molecular flexibility index (Phi) is 7.32. The van der Waals surface area contributed by atoms with E-state index in [9.17, 15) is 8.42 Å². The summed E-state index contributed by atoms with van der Waals surface area (Å²) < 4.78 is 26.9. The average Bonchev–Trinajstić information content (AvgIpc) is 3.26. The van der Waals surface area contributed by atoms with Gasteiger partial charge in [0.25, 0.3) is 10.0 Å². The monoisotopic (exact) mass is 484 g/mol. The highest BCUT2D eigenvalue weighted by molar-refractivity contribution is 14.0. The van der Waals surface area contributed by atoms with Crippen molar-refractivity contribution >= 4 is 51.3 Å². The van der Waals surface area contributed by atoms with Gasteiger partial charge in [-0.2, -0.15) is 4.31 Å². The zero-order chi connectivity index (χ0) is 16.3. The molecule has 2 aliphatic rings. The van der Waals surface area contributed by atoms with Gasteiger partial charge < -0.3 is 11.1 Å². The number of rotatable bonds is 5. The van der Waals surface area contributed by atoms with Gasteiger partial charge in [0.05, 0.1) is 0 Å². The first kappa shape index (κ1) is 19.9. The molecule has 2 fully saturated rings. The average molecular weight is 484 g/mol. The molecule has 1 saturated heterocycles. The fourth-order valence-electron chi connectivity index (χ4n) is 3.25. The fraction of sp³-hybridized carbons (Fsp3) is 0.667. The van der Waals surface area contributed by atoms with Gasteiger partial charge >= 0.3 is 0 Å². The maximum absolute atomic E-state index is 12.5. The van der Waals surface area contributed by atoms with Gasteiger partial charge in [0.2, 0.25) is 0 Å². The van der Waals surface area contributed by atoms with Gasteiger partial charge in [0, 0.05) is 25.7 Å². The Hall–Kier alpha value is -0.390. The molecule has 0 bridgehead atoms. The molecule has 136 valence electrons. The first-order valence-corrected chi connectivity index (χ1v) is 10.5. The third-order valence-electron chi connectivity index (χ3n) is 4.56. The molecule has 1 aromatic heterocycles. The number of nitrogens with one attached hydrogen (secondary N) is 1. The van der Waals surface area contributed by atoms with E-state index in [0.717, 1.165) is 19.3 Å². The van der Waals surface area contributed by atoms with E-state index in [0.29, 0.717) is 35.8 Å². The van der Waals surface area contributed by atoms with Crippen LogP contribution in [-0.2, 0) is 10.0 Å². The molecule has 3 N–H and O–H groups in total. The number of guanidine groups is 1. The Morgan fingerprint density at radius 2 is 2.12 bits per heavy atom. The first-order valence-electron chi connectivity index (χ1n) is 8.16. The van der Waals surface area contributed by atoms with Crippen molar-refractivity contribution in [2.75, 3.05) is 19.6 Å². The van der Waals surface area contributed by atoms with E-state index in [1.165, 1.54) is 24.2 Å². The highest BCUT2D eigenvalue weighted by atomic mass is 127. The molecule has 1 unspecified atom stereocenters. The summed E-state index contributed by atoms with van der Waals surface area (Å²) in [5.74, 6) is 0.741. The largest absolute Gasteiger partial charge is 0.370 e. The number of sulfonamides is 1. The number of hydrogen-bond acceptors (Lipinski definition) is 4. The third kappa shape index (κ3) is 4.83. The standard InChI is InChI=1S/C15H24N4O2S2.HI/c16-15(18-13-4-1-2-5-13)17-10-12-7-8-19(11-12)23(20,21)14-6-3-9-22-14;/h3,6,9,12-13H,1-2,4-5,7-8,10-11H2,(H3,16,17,18);1H. The van der Waals surface area contributed by atoms with Crippen LogP contribution in [0.15, 0.2) is 26.7 Å². The van der Waals surface area contributed by atoms with Gasteiger partial charge in [-0.25, -0.2) is 8.42 Å². The Bertz CT molecular complexity index is 642. The van der Waals surface area contributed by atoms with E-state index in [2.05, 4.69) is 10.3 Å². The lowest BCUT2D eigenvalue weighted by Crippen LogP contribution is -2.39. The van der Waals surface area contributed by atoms with Gasteiger partial charge in [-0.1, -0.05) is 18.9 Å². The smallest absolute Gasteiger partial charge is 0.252 e. The van der Waals surface area contributed by atoms with Crippen molar-refractivity contribution in [1.82, 2.24) is 9.62 Å². The summed E-state index contributed by atoms with van der Waals surface area (Å²) in [7, 11) is -3.33. The number of nitrogens with zero attached hydrogens (tertiary/aromatic N) is 2. The first-order chi connectivity index (χ1) is 11.1. The van der Waals surface area contributed by atoms with Crippen molar-refractivity contribution < 1.29 is 8.42 Å². The number of hydrogen-bond donors (Lipinski definition) is 2. The fourth-order valence-corrected chi connectivity index (χ4v) is 5.93. The molecule has 1 aliphatic carbocycles. The molecule has 3 rings (SSSR count). The van der Waals surface area contributed by atoms with Crippen LogP contribution in [0.3, 0.4) is 0 Å². The van der Waals surface area contributed by atoms with Crippen molar-refractivity contribution in [1.29, 1.82) is 0 Å². The summed E-state index contributed by atoms with van der Waals surface area (Å²) in [6.07, 6.45) is 5.66. The van der Waals surface area contributed by atoms with Crippen LogP contribution in [0.1, 0.15) is 32.1 Å². The lowest BCUT2D eigenvalue weighted by molar-refractivity contribution is 0.460. The van der Waals surface area contributed by atoms with E-state index < -0.39 is 10.0 Å². The third-order valence-corrected chi connectivity index (χ3v) is 7.80. The van der Waals surface area contributed by atoms with Crippen LogP contribution in [-0.4, -0.2) is 44.4 Å². The van der Waals surface area contributed by atoms with Crippen molar-refractivity contribution in [2.45, 2.75) is 42.4 Å². The summed E-state index contributed by atoms with van der Waals surface area (Å²) in [6, 6.07) is 3.89. The summed E-state index contributed by atoms with van der Waals surface area (Å²) in [5.41, 5.74) is 5.94. The highest BCUT2D eigenvalue weighted by Gasteiger charge is 2.32. The maximum atomic E-state index is 12.5. The molecule has 0 aromatic carbocycles. The van der Waals surface area contributed by atoms with Crippen LogP contribution in [0.2, 0.25) is 0 Å². The predicted molar refractivity (Wildman–Crippen MR) is 108 cm³/mol. The normalized spacial score (nSPS) is 23.3. The second-order valence-corrected chi connectivity index (χ2v) is 9.41. The molecule has 0 amide bonds. The van der Waals surface area contributed by atoms with Crippen molar-refractivity contribution in [3.8, 4) is 0 Å². The molecular formula is C15H25IN4O2S2. The number of halogens is 1. The number of aliphatic imine (C=N–C) groups is 1. The summed E-state index contributed by atoms with van der Waals surface area (Å²) in [4.78, 5) is 4.41. The predicted octanol–water partition coefficient (Wildman–Crippen LogP) is 2.22. The molecule has 1 aliphatic heterocycles. The number of thiophene rings is 1. The lowest BCUT2D eigenvalue weighted by Gasteiger charge is -2.15. The molecule has 9 heteroatoms. The molecule has 24 heavy (non-hydrogen) atoms. The molecule has 1 saturated carbocycles. The SMILES string of the molecule is I.NC(=NCC1CCN(S(=O)(=O)c2cccs2)C1)NC1CCCC1. The van der Waals surface area contributed by atoms with E-state index in [4.69, 9.17) is 5.73 Å². The second kappa shape index (κ2) is 8.81. The Morgan fingerprint density at radius 1 is 1.38 bits per heavy atom. The van der Waals surface area contributed by atoms with Crippen LogP contribution in [0.5, 0.6) is 0 Å². The molecule has 6 nitrogen and oxygen atoms in total. The highest BCUT2D eigenvalue weighted by Crippen LogP contribution is 2.27. The summed E-state index contributed by atoms with van der Waals surface area (Å²) in [6.45, 7) is 1.68. The van der Waals surface area contributed by atoms with E-state index in [-0.39, 0.29) is 29.9 Å². The van der Waals surface area contributed by atoms with Crippen LogP contribution < -0.4 is 11.1 Å². The molecular weight excluding hydrogens is 459 g/mol. The molecule has 1 aromatic rings. The van der Waals surface area contributed by atoms with Crippen LogP contribution in [0.4, 0.5) is 0 Å². The van der Waals surface area contributed by atoms with E-state index in [1.807, 2.05) is 0 Å². The minimum Gasteiger partial charge on any atom is -0.370 e. The van der Waals surface area contributed by atoms with Gasteiger partial charge in [-0.05, 0) is 36.6 Å². The van der Waals surface area contributed by atoms with Crippen molar-refractivity contribution in [3.05, 3.63) is 17.5 Å². The summed E-state index contributed by atoms with van der Waals surface area (Å²) >= 11 is 1.27. The van der Waals surface area contributed by atoms with Crippen LogP contribution >= 0.6 is 35.3 Å². The zero-order valence-electron chi connectivity index (χ0n) is 13.6. The second-order valence-electron chi connectivity index (χ2n) is 6.30. The minimum absolute atomic E-state index is 0. The minimum atomic E-state index is -3.33. The Labute approximate surface area is 165 Å². The van der Waals surface area contributed by atoms with Crippen LogP contribution in [0, 0.1) is 5.92 Å². The van der Waals surface area contributed by atoms with Gasteiger partial charge in [0.15, 0.2) is 5.96 Å². The van der Waals surface area contributed by atoms with Crippen LogP contribution in [0.25, 0.3) is 0 Å². The molecule has 1 atom stereocenters. The van der Waals surface area contributed by atoms with E-state index >= 15 is 0 Å². The van der Waals surface area contributed by atoms with Gasteiger partial charge in [-0.3, -0.25) is 4.99 Å². The lowest BCUT2D eigenvalue weighted by atomic mass is 10.1. The summed E-state index contributed by atoms with van der Waals surface area (Å²) in [5, 5.41) is 5.06. The van der Waals surface area contributed by atoms with Crippen molar-refractivity contribution in [3.63, 3.8) is 0 Å². The quantitative estimate of drug-likeness (QED) is 0.381. The maximum Gasteiger partial charge on any atom is 0.252 e. The molecule has 2 heterocycles. The Morgan fingerprint density at radius 3 is 2.79 bits per heavy atom. The zero-order valence-corrected chi connectivity index (χ0v) is 17.5. The molecule has 0 radical (unpaired) electrons. The Balaban J connectivity index is 0.00000208. The topological polar surface area (TPSA) is 87.8 Å². The molecule has 0 spiro atoms. The van der Waals surface area contributed by atoms with E-state index in [1.54, 1.807) is 21.8 Å². The van der Waals surface area contributed by atoms with Gasteiger partial charge in [-0.15, -0.1) is 35.3 Å². The van der Waals surface area contributed by atoms with Gasteiger partial charge in [0.1, 0.15) is 4.21 Å². The number of nitrogens with two attached hydrogens (primary N) is 1. The van der Waals surface area contributed by atoms with Crippen molar-refractivity contribution in [2.24, 2.45) is 16.6 Å².